The van der Waals surface area contributed by atoms with Gasteiger partial charge in [-0.15, -0.1) is 0 Å². The van der Waals surface area contributed by atoms with Crippen molar-refractivity contribution < 1.29 is 4.79 Å². The molecule has 0 aromatic heterocycles. The van der Waals surface area contributed by atoms with Crippen molar-refractivity contribution in [2.75, 3.05) is 19.6 Å². The summed E-state index contributed by atoms with van der Waals surface area (Å²) in [5, 5.41) is 0. The molecule has 2 heterocycles. The van der Waals surface area contributed by atoms with Gasteiger partial charge in [-0.3, -0.25) is 9.69 Å². The van der Waals surface area contributed by atoms with Gasteiger partial charge in [-0.05, 0) is 20.3 Å². The molecule has 4 nitrogen and oxygen atoms in total. The first kappa shape index (κ1) is 9.93. The summed E-state index contributed by atoms with van der Waals surface area (Å²) in [6.45, 7) is 7.30. The molecular formula is C10H19N3O. The Kier molecular flexibility index (Phi) is 2.49. The summed E-state index contributed by atoms with van der Waals surface area (Å²) in [6.07, 6.45) is 1.11. The third-order valence-corrected chi connectivity index (χ3v) is 3.36. The van der Waals surface area contributed by atoms with Crippen LogP contribution in [0, 0.1) is 0 Å². The highest BCUT2D eigenvalue weighted by Crippen LogP contribution is 2.22. The minimum Gasteiger partial charge on any atom is -0.335 e. The van der Waals surface area contributed by atoms with Crippen molar-refractivity contribution in [2.24, 2.45) is 5.73 Å². The molecule has 80 valence electrons. The van der Waals surface area contributed by atoms with E-state index in [4.69, 9.17) is 5.73 Å². The van der Waals surface area contributed by atoms with Crippen LogP contribution in [0.3, 0.4) is 0 Å². The molecule has 0 aromatic carbocycles. The number of β-lactam (4-membered cyclic amide) rings is 1. The summed E-state index contributed by atoms with van der Waals surface area (Å²) < 4.78 is 0. The zero-order chi connectivity index (χ0) is 10.3. The van der Waals surface area contributed by atoms with Crippen molar-refractivity contribution in [2.45, 2.75) is 38.4 Å². The van der Waals surface area contributed by atoms with E-state index in [9.17, 15) is 4.79 Å². The first-order valence-corrected chi connectivity index (χ1v) is 5.39. The highest BCUT2D eigenvalue weighted by atomic mass is 16.2. The van der Waals surface area contributed by atoms with Crippen LogP contribution in [0.25, 0.3) is 0 Å². The molecule has 0 saturated carbocycles. The summed E-state index contributed by atoms with van der Waals surface area (Å²) in [5.41, 5.74) is 5.57. The van der Waals surface area contributed by atoms with Crippen LogP contribution >= 0.6 is 0 Å². The van der Waals surface area contributed by atoms with E-state index in [-0.39, 0.29) is 11.9 Å². The number of carbonyl (C=O) groups excluding carboxylic acids is 1. The lowest BCUT2D eigenvalue weighted by Crippen LogP contribution is -2.64. The van der Waals surface area contributed by atoms with Crippen molar-refractivity contribution >= 4 is 5.91 Å². The van der Waals surface area contributed by atoms with E-state index in [2.05, 4.69) is 18.7 Å². The normalized spacial score (nSPS) is 34.0. The Balaban J connectivity index is 1.87. The van der Waals surface area contributed by atoms with Crippen LogP contribution in [0.1, 0.15) is 20.3 Å². The molecule has 0 spiro atoms. The van der Waals surface area contributed by atoms with Crippen molar-refractivity contribution in [1.29, 1.82) is 0 Å². The SMILES string of the molecule is CC(C)N1CCC(N2CC(N)C2=O)C1. The van der Waals surface area contributed by atoms with Crippen LogP contribution in [0.15, 0.2) is 0 Å². The monoisotopic (exact) mass is 197 g/mol. The molecular weight excluding hydrogens is 178 g/mol. The van der Waals surface area contributed by atoms with Crippen LogP contribution < -0.4 is 5.73 Å². The van der Waals surface area contributed by atoms with Crippen molar-refractivity contribution in [1.82, 2.24) is 9.80 Å². The summed E-state index contributed by atoms with van der Waals surface area (Å²) in [7, 11) is 0. The Labute approximate surface area is 85.0 Å². The molecule has 1 amide bonds. The van der Waals surface area contributed by atoms with E-state index in [1.807, 2.05) is 4.90 Å². The van der Waals surface area contributed by atoms with Crippen LogP contribution in [-0.4, -0.2) is 53.5 Å². The van der Waals surface area contributed by atoms with E-state index in [1.54, 1.807) is 0 Å². The smallest absolute Gasteiger partial charge is 0.241 e. The van der Waals surface area contributed by atoms with E-state index in [1.165, 1.54) is 0 Å². The minimum atomic E-state index is -0.219. The van der Waals surface area contributed by atoms with Gasteiger partial charge in [-0.25, -0.2) is 0 Å². The molecule has 2 aliphatic heterocycles. The molecule has 2 atom stereocenters. The molecule has 0 aliphatic carbocycles. The predicted octanol–water partition coefficient (Wildman–Crippen LogP) is -0.361. The molecule has 2 aliphatic rings. The maximum atomic E-state index is 11.4. The molecule has 2 N–H and O–H groups in total. The molecule has 2 rings (SSSR count). The van der Waals surface area contributed by atoms with Crippen molar-refractivity contribution in [3.8, 4) is 0 Å². The molecule has 14 heavy (non-hydrogen) atoms. The Hall–Kier alpha value is -0.610. The number of nitrogens with zero attached hydrogens (tertiary/aromatic N) is 2. The third kappa shape index (κ3) is 1.53. The zero-order valence-electron chi connectivity index (χ0n) is 8.94. The number of carbonyl (C=O) groups is 1. The minimum absolute atomic E-state index is 0.139. The largest absolute Gasteiger partial charge is 0.335 e. The summed E-state index contributed by atoms with van der Waals surface area (Å²) in [4.78, 5) is 15.8. The fourth-order valence-corrected chi connectivity index (χ4v) is 2.30. The quantitative estimate of drug-likeness (QED) is 0.615. The van der Waals surface area contributed by atoms with Gasteiger partial charge >= 0.3 is 0 Å². The number of hydrogen-bond donors (Lipinski definition) is 1. The summed E-state index contributed by atoms with van der Waals surface area (Å²) in [6, 6.07) is 0.790. The number of rotatable bonds is 2. The van der Waals surface area contributed by atoms with E-state index in [0.717, 1.165) is 26.1 Å². The van der Waals surface area contributed by atoms with Crippen LogP contribution in [0.5, 0.6) is 0 Å². The number of likely N-dealkylation sites (tertiary alicyclic amines) is 2. The average Bonchev–Trinajstić information content (AvgIpc) is 2.62. The Morgan fingerprint density at radius 1 is 1.43 bits per heavy atom. The van der Waals surface area contributed by atoms with Gasteiger partial charge < -0.3 is 10.6 Å². The van der Waals surface area contributed by atoms with E-state index in [0.29, 0.717) is 12.1 Å². The van der Waals surface area contributed by atoms with Crippen LogP contribution in [0.4, 0.5) is 0 Å². The maximum Gasteiger partial charge on any atom is 0.241 e. The lowest BCUT2D eigenvalue weighted by molar-refractivity contribution is -0.145. The fourth-order valence-electron chi connectivity index (χ4n) is 2.30. The average molecular weight is 197 g/mol. The second-order valence-electron chi connectivity index (χ2n) is 4.63. The highest BCUT2D eigenvalue weighted by Gasteiger charge is 2.40. The summed E-state index contributed by atoms with van der Waals surface area (Å²) in [5.74, 6) is 0.139. The third-order valence-electron chi connectivity index (χ3n) is 3.36. The molecule has 0 aromatic rings. The number of amides is 1. The van der Waals surface area contributed by atoms with E-state index >= 15 is 0 Å². The van der Waals surface area contributed by atoms with Crippen molar-refractivity contribution in [3.05, 3.63) is 0 Å². The van der Waals surface area contributed by atoms with Gasteiger partial charge in [0.1, 0.15) is 6.04 Å². The van der Waals surface area contributed by atoms with Gasteiger partial charge in [-0.1, -0.05) is 0 Å². The van der Waals surface area contributed by atoms with Gasteiger partial charge in [0.05, 0.1) is 0 Å². The first-order chi connectivity index (χ1) is 6.59. The standard InChI is InChI=1S/C10H19N3O/c1-7(2)12-4-3-8(5-12)13-6-9(11)10(13)14/h7-9H,3-6,11H2,1-2H3. The van der Waals surface area contributed by atoms with Crippen LogP contribution in [-0.2, 0) is 4.79 Å². The molecule has 4 heteroatoms. The zero-order valence-corrected chi connectivity index (χ0v) is 8.94. The van der Waals surface area contributed by atoms with E-state index < -0.39 is 0 Å². The lowest BCUT2D eigenvalue weighted by atomic mass is 10.0. The Bertz CT molecular complexity index is 242. The highest BCUT2D eigenvalue weighted by molar-refractivity contribution is 5.88. The number of nitrogens with two attached hydrogens (primary N) is 1. The second-order valence-corrected chi connectivity index (χ2v) is 4.63. The van der Waals surface area contributed by atoms with Gasteiger partial charge in [-0.2, -0.15) is 0 Å². The lowest BCUT2D eigenvalue weighted by Gasteiger charge is -2.40. The van der Waals surface area contributed by atoms with Gasteiger partial charge in [0.25, 0.3) is 0 Å². The van der Waals surface area contributed by atoms with Gasteiger partial charge in [0.15, 0.2) is 0 Å². The predicted molar refractivity (Wildman–Crippen MR) is 54.8 cm³/mol. The van der Waals surface area contributed by atoms with Crippen LogP contribution in [0.2, 0.25) is 0 Å². The van der Waals surface area contributed by atoms with Gasteiger partial charge in [0.2, 0.25) is 5.91 Å². The fraction of sp³-hybridized carbons (Fsp3) is 0.900. The van der Waals surface area contributed by atoms with Crippen molar-refractivity contribution in [3.63, 3.8) is 0 Å². The number of hydrogen-bond acceptors (Lipinski definition) is 3. The molecule has 0 bridgehead atoms. The summed E-state index contributed by atoms with van der Waals surface area (Å²) >= 11 is 0. The molecule has 2 unspecified atom stereocenters. The first-order valence-electron chi connectivity index (χ1n) is 5.39. The Morgan fingerprint density at radius 3 is 2.57 bits per heavy atom. The Morgan fingerprint density at radius 2 is 2.14 bits per heavy atom. The maximum absolute atomic E-state index is 11.4. The molecule has 2 fully saturated rings. The second kappa shape index (κ2) is 3.51. The molecule has 0 radical (unpaired) electrons. The van der Waals surface area contributed by atoms with Gasteiger partial charge in [0, 0.05) is 31.7 Å². The topological polar surface area (TPSA) is 49.6 Å². The molecule has 2 saturated heterocycles.